The summed E-state index contributed by atoms with van der Waals surface area (Å²) in [6, 6.07) is 0.294. The number of hydrogen-bond donors (Lipinski definition) is 2. The normalized spacial score (nSPS) is 15.2. The lowest BCUT2D eigenvalue weighted by atomic mass is 10.4. The number of hydrogen-bond acceptors (Lipinski definition) is 6. The van der Waals surface area contributed by atoms with Crippen LogP contribution in [0.1, 0.15) is 18.7 Å². The Labute approximate surface area is 99.6 Å². The van der Waals surface area contributed by atoms with E-state index < -0.39 is 0 Å². The smallest absolute Gasteiger partial charge is 0.315 e. The molecule has 0 aromatic carbocycles. The van der Waals surface area contributed by atoms with Gasteiger partial charge in [0.05, 0.1) is 13.1 Å². The maximum absolute atomic E-state index is 11.7. The van der Waals surface area contributed by atoms with Gasteiger partial charge in [-0.3, -0.25) is 4.79 Å². The van der Waals surface area contributed by atoms with Gasteiger partial charge in [0.25, 0.3) is 0 Å². The third kappa shape index (κ3) is 3.16. The Balaban J connectivity index is 1.78. The summed E-state index contributed by atoms with van der Waals surface area (Å²) in [5.41, 5.74) is 0. The van der Waals surface area contributed by atoms with Gasteiger partial charge in [-0.25, -0.2) is 0 Å². The fourth-order valence-electron chi connectivity index (χ4n) is 1.78. The summed E-state index contributed by atoms with van der Waals surface area (Å²) in [7, 11) is 1.80. The molecule has 0 radical (unpaired) electrons. The Morgan fingerprint density at radius 3 is 2.88 bits per heavy atom. The van der Waals surface area contributed by atoms with Crippen molar-refractivity contribution in [1.29, 1.82) is 0 Å². The predicted molar refractivity (Wildman–Crippen MR) is 61.4 cm³/mol. The zero-order chi connectivity index (χ0) is 12.1. The Morgan fingerprint density at radius 2 is 2.18 bits per heavy atom. The van der Waals surface area contributed by atoms with Crippen molar-refractivity contribution in [1.82, 2.24) is 20.4 Å². The molecule has 0 atom stereocenters. The van der Waals surface area contributed by atoms with E-state index in [0.717, 1.165) is 25.9 Å². The molecular weight excluding hydrogens is 222 g/mol. The highest BCUT2D eigenvalue weighted by Crippen LogP contribution is 2.08. The van der Waals surface area contributed by atoms with E-state index in [-0.39, 0.29) is 12.5 Å². The summed E-state index contributed by atoms with van der Waals surface area (Å²) in [6.07, 6.45) is 2.19. The molecule has 17 heavy (non-hydrogen) atoms. The van der Waals surface area contributed by atoms with Crippen LogP contribution in [0.15, 0.2) is 4.42 Å². The second-order valence-electron chi connectivity index (χ2n) is 3.97. The molecule has 0 bridgehead atoms. The van der Waals surface area contributed by atoms with Crippen LogP contribution in [0.5, 0.6) is 0 Å². The van der Waals surface area contributed by atoms with Crippen molar-refractivity contribution in [2.75, 3.05) is 32.0 Å². The van der Waals surface area contributed by atoms with Gasteiger partial charge in [0, 0.05) is 13.1 Å². The number of likely N-dealkylation sites (tertiary alicyclic amines) is 1. The van der Waals surface area contributed by atoms with Gasteiger partial charge in [0.1, 0.15) is 0 Å². The average molecular weight is 239 g/mol. The topological polar surface area (TPSA) is 83.3 Å². The Bertz CT molecular complexity index is 373. The molecule has 2 rings (SSSR count). The van der Waals surface area contributed by atoms with E-state index in [1.165, 1.54) is 0 Å². The van der Waals surface area contributed by atoms with Gasteiger partial charge in [0.15, 0.2) is 0 Å². The quantitative estimate of drug-likeness (QED) is 0.742. The highest BCUT2D eigenvalue weighted by molar-refractivity contribution is 5.80. The first-order chi connectivity index (χ1) is 8.29. The molecule has 1 aliphatic heterocycles. The molecular formula is C10H17N5O2. The van der Waals surface area contributed by atoms with E-state index in [2.05, 4.69) is 20.8 Å². The fourth-order valence-corrected chi connectivity index (χ4v) is 1.78. The van der Waals surface area contributed by atoms with Crippen LogP contribution < -0.4 is 10.6 Å². The van der Waals surface area contributed by atoms with Crippen LogP contribution in [-0.2, 0) is 11.3 Å². The highest BCUT2D eigenvalue weighted by Gasteiger charge is 2.18. The van der Waals surface area contributed by atoms with Gasteiger partial charge in [-0.2, -0.15) is 0 Å². The van der Waals surface area contributed by atoms with Crippen LogP contribution in [-0.4, -0.2) is 47.7 Å². The maximum atomic E-state index is 11.7. The van der Waals surface area contributed by atoms with E-state index in [4.69, 9.17) is 4.42 Å². The van der Waals surface area contributed by atoms with Crippen molar-refractivity contribution in [3.05, 3.63) is 5.89 Å². The van der Waals surface area contributed by atoms with Crippen molar-refractivity contribution >= 4 is 11.9 Å². The zero-order valence-corrected chi connectivity index (χ0v) is 9.90. The number of amides is 1. The molecule has 1 aliphatic rings. The largest absolute Gasteiger partial charge is 0.407 e. The van der Waals surface area contributed by atoms with E-state index in [1.54, 1.807) is 7.05 Å². The first-order valence-electron chi connectivity index (χ1n) is 5.78. The second kappa shape index (κ2) is 5.62. The number of carbonyl (C=O) groups excluding carboxylic acids is 1. The summed E-state index contributed by atoms with van der Waals surface area (Å²) in [5.74, 6) is 0.583. The van der Waals surface area contributed by atoms with Gasteiger partial charge in [-0.1, -0.05) is 5.10 Å². The number of carbonyl (C=O) groups is 1. The lowest BCUT2D eigenvalue weighted by Gasteiger charge is -2.14. The number of nitrogens with zero attached hydrogens (tertiary/aromatic N) is 3. The summed E-state index contributed by atoms with van der Waals surface area (Å²) < 4.78 is 5.27. The number of rotatable bonds is 5. The summed E-state index contributed by atoms with van der Waals surface area (Å²) in [6.45, 7) is 2.45. The van der Waals surface area contributed by atoms with Crippen LogP contribution in [0.3, 0.4) is 0 Å². The minimum absolute atomic E-state index is 0.0795. The third-order valence-corrected chi connectivity index (χ3v) is 2.64. The predicted octanol–water partition coefficient (Wildman–Crippen LogP) is -0.177. The molecule has 0 spiro atoms. The molecule has 0 aliphatic carbocycles. The van der Waals surface area contributed by atoms with E-state index in [0.29, 0.717) is 18.5 Å². The van der Waals surface area contributed by atoms with Crippen molar-refractivity contribution in [3.8, 4) is 0 Å². The molecule has 94 valence electrons. The minimum atomic E-state index is 0.0795. The van der Waals surface area contributed by atoms with Crippen molar-refractivity contribution in [2.45, 2.75) is 19.4 Å². The summed E-state index contributed by atoms with van der Waals surface area (Å²) >= 11 is 0. The number of aromatic nitrogens is 2. The third-order valence-electron chi connectivity index (χ3n) is 2.64. The Kier molecular flexibility index (Phi) is 3.92. The van der Waals surface area contributed by atoms with E-state index >= 15 is 0 Å². The van der Waals surface area contributed by atoms with Crippen LogP contribution >= 0.6 is 0 Å². The molecule has 0 saturated carbocycles. The summed E-state index contributed by atoms with van der Waals surface area (Å²) in [5, 5.41) is 13.4. The van der Waals surface area contributed by atoms with Gasteiger partial charge in [-0.05, 0) is 19.9 Å². The average Bonchev–Trinajstić information content (AvgIpc) is 2.97. The second-order valence-corrected chi connectivity index (χ2v) is 3.97. The maximum Gasteiger partial charge on any atom is 0.315 e. The molecule has 7 heteroatoms. The first-order valence-corrected chi connectivity index (χ1v) is 5.78. The monoisotopic (exact) mass is 239 g/mol. The minimum Gasteiger partial charge on any atom is -0.407 e. The van der Waals surface area contributed by atoms with Crippen LogP contribution in [0.25, 0.3) is 0 Å². The Morgan fingerprint density at radius 1 is 1.41 bits per heavy atom. The number of anilines is 1. The van der Waals surface area contributed by atoms with Crippen LogP contribution in [0.2, 0.25) is 0 Å². The van der Waals surface area contributed by atoms with Crippen molar-refractivity contribution < 1.29 is 9.21 Å². The standard InChI is InChI=1S/C10H17N5O2/c1-11-6-8-13-14-10(17-8)12-7-9(16)15-4-2-3-5-15/h11H,2-7H2,1H3,(H,12,14). The highest BCUT2D eigenvalue weighted by atomic mass is 16.4. The zero-order valence-electron chi connectivity index (χ0n) is 9.90. The van der Waals surface area contributed by atoms with Crippen LogP contribution in [0, 0.1) is 0 Å². The number of nitrogens with one attached hydrogen (secondary N) is 2. The molecule has 2 N–H and O–H groups in total. The lowest BCUT2D eigenvalue weighted by Crippen LogP contribution is -2.33. The molecule has 1 fully saturated rings. The van der Waals surface area contributed by atoms with Gasteiger partial charge >= 0.3 is 6.01 Å². The van der Waals surface area contributed by atoms with Gasteiger partial charge < -0.3 is 20.0 Å². The van der Waals surface area contributed by atoms with Gasteiger partial charge in [-0.15, -0.1) is 5.10 Å². The first kappa shape index (κ1) is 11.8. The lowest BCUT2D eigenvalue weighted by molar-refractivity contribution is -0.128. The molecule has 7 nitrogen and oxygen atoms in total. The van der Waals surface area contributed by atoms with Crippen LogP contribution in [0.4, 0.5) is 6.01 Å². The molecule has 1 amide bonds. The van der Waals surface area contributed by atoms with Gasteiger partial charge in [0.2, 0.25) is 11.8 Å². The molecule has 2 heterocycles. The summed E-state index contributed by atoms with van der Waals surface area (Å²) in [4.78, 5) is 13.6. The SMILES string of the molecule is CNCc1nnc(NCC(=O)N2CCCC2)o1. The van der Waals surface area contributed by atoms with Crippen molar-refractivity contribution in [3.63, 3.8) is 0 Å². The fraction of sp³-hybridized carbons (Fsp3) is 0.700. The van der Waals surface area contributed by atoms with E-state index in [9.17, 15) is 4.79 Å². The van der Waals surface area contributed by atoms with Crippen molar-refractivity contribution in [2.24, 2.45) is 0 Å². The van der Waals surface area contributed by atoms with E-state index in [1.807, 2.05) is 4.90 Å². The molecule has 1 aromatic rings. The molecule has 0 unspecified atom stereocenters. The Hall–Kier alpha value is -1.63. The molecule has 1 saturated heterocycles. The molecule has 1 aromatic heterocycles.